The van der Waals surface area contributed by atoms with Crippen LogP contribution in [0.5, 0.6) is 11.5 Å². The van der Waals surface area contributed by atoms with Gasteiger partial charge in [-0.1, -0.05) is 5.16 Å². The van der Waals surface area contributed by atoms with Gasteiger partial charge in [-0.2, -0.15) is 0 Å². The average molecular weight is 367 g/mol. The van der Waals surface area contributed by atoms with Gasteiger partial charge in [-0.05, 0) is 39.0 Å². The second-order valence-electron chi connectivity index (χ2n) is 6.57. The quantitative estimate of drug-likeness (QED) is 0.767. The van der Waals surface area contributed by atoms with Gasteiger partial charge in [0.05, 0.1) is 17.8 Å². The lowest BCUT2D eigenvalue weighted by Crippen LogP contribution is -2.23. The number of nitrogens with one attached hydrogen (secondary N) is 1. The van der Waals surface area contributed by atoms with Crippen LogP contribution in [0.25, 0.3) is 5.69 Å². The molecule has 1 aliphatic rings. The van der Waals surface area contributed by atoms with Gasteiger partial charge in [0.25, 0.3) is 5.91 Å². The fourth-order valence-corrected chi connectivity index (χ4v) is 3.32. The first-order chi connectivity index (χ1) is 13.0. The van der Waals surface area contributed by atoms with E-state index in [0.29, 0.717) is 31.1 Å². The highest BCUT2D eigenvalue weighted by Gasteiger charge is 2.19. The molecule has 0 bridgehead atoms. The number of hydrogen-bond donors (Lipinski definition) is 1. The number of amides is 1. The minimum atomic E-state index is -0.152. The van der Waals surface area contributed by atoms with Gasteiger partial charge in [0.15, 0.2) is 17.3 Å². The second-order valence-corrected chi connectivity index (χ2v) is 6.57. The van der Waals surface area contributed by atoms with E-state index in [2.05, 4.69) is 10.5 Å². The minimum absolute atomic E-state index is 0.152. The number of hydrogen-bond acceptors (Lipinski definition) is 5. The number of aromatic nitrogens is 2. The van der Waals surface area contributed by atoms with Crippen LogP contribution in [0.1, 0.15) is 33.2 Å². The third-order valence-electron chi connectivity index (χ3n) is 4.56. The van der Waals surface area contributed by atoms with E-state index in [9.17, 15) is 4.79 Å². The fraction of sp³-hybridized carbons (Fsp3) is 0.300. The Morgan fingerprint density at radius 1 is 1.11 bits per heavy atom. The van der Waals surface area contributed by atoms with Crippen LogP contribution in [0.2, 0.25) is 0 Å². The van der Waals surface area contributed by atoms with Crippen molar-refractivity contribution in [1.29, 1.82) is 0 Å². The molecule has 4 rings (SSSR count). The first kappa shape index (κ1) is 17.2. The van der Waals surface area contributed by atoms with E-state index in [1.165, 1.54) is 0 Å². The van der Waals surface area contributed by atoms with Crippen LogP contribution in [0.15, 0.2) is 34.9 Å². The van der Waals surface area contributed by atoms with E-state index in [4.69, 9.17) is 14.0 Å². The number of fused-ring (bicyclic) bond motifs is 1. The summed E-state index contributed by atoms with van der Waals surface area (Å²) < 4.78 is 18.4. The highest BCUT2D eigenvalue weighted by Crippen LogP contribution is 2.33. The molecular formula is C20H21N3O4. The lowest BCUT2D eigenvalue weighted by atomic mass is 10.2. The topological polar surface area (TPSA) is 78.5 Å². The third-order valence-corrected chi connectivity index (χ3v) is 4.56. The summed E-state index contributed by atoms with van der Waals surface area (Å²) in [6.45, 7) is 7.14. The van der Waals surface area contributed by atoms with Crippen LogP contribution >= 0.6 is 0 Å². The van der Waals surface area contributed by atoms with Crippen LogP contribution in [0.4, 0.5) is 0 Å². The molecule has 7 heteroatoms. The third kappa shape index (κ3) is 3.28. The van der Waals surface area contributed by atoms with Gasteiger partial charge in [0, 0.05) is 29.2 Å². The summed E-state index contributed by atoms with van der Waals surface area (Å²) in [6, 6.07) is 9.49. The number of ether oxygens (including phenoxy) is 2. The van der Waals surface area contributed by atoms with Crippen LogP contribution in [-0.2, 0) is 6.54 Å². The maximum absolute atomic E-state index is 12.6. The summed E-state index contributed by atoms with van der Waals surface area (Å²) in [4.78, 5) is 12.6. The van der Waals surface area contributed by atoms with Crippen molar-refractivity contribution < 1.29 is 18.8 Å². The van der Waals surface area contributed by atoms with Gasteiger partial charge < -0.3 is 23.9 Å². The molecule has 1 aliphatic heterocycles. The predicted octanol–water partition coefficient (Wildman–Crippen LogP) is 3.09. The highest BCUT2D eigenvalue weighted by atomic mass is 16.6. The lowest BCUT2D eigenvalue weighted by molar-refractivity contribution is 0.0946. The number of carbonyl (C=O) groups excluding carboxylic acids is 1. The average Bonchev–Trinajstić information content (AvgIpc) is 3.22. The number of aryl methyl sites for hydroxylation is 2. The Bertz CT molecular complexity index is 1000. The van der Waals surface area contributed by atoms with Crippen molar-refractivity contribution >= 4 is 5.91 Å². The molecular weight excluding hydrogens is 346 g/mol. The van der Waals surface area contributed by atoms with Gasteiger partial charge in [-0.25, -0.2) is 0 Å². The van der Waals surface area contributed by atoms with Crippen LogP contribution < -0.4 is 14.8 Å². The van der Waals surface area contributed by atoms with E-state index >= 15 is 0 Å². The summed E-state index contributed by atoms with van der Waals surface area (Å²) in [6.07, 6.45) is 0. The number of nitrogens with zero attached hydrogens (tertiary/aromatic N) is 2. The molecule has 3 heterocycles. The molecule has 3 aromatic rings. The first-order valence-corrected chi connectivity index (χ1v) is 8.82. The van der Waals surface area contributed by atoms with Gasteiger partial charge in [0.2, 0.25) is 0 Å². The van der Waals surface area contributed by atoms with Crippen molar-refractivity contribution in [3.8, 4) is 17.2 Å². The van der Waals surface area contributed by atoms with E-state index < -0.39 is 0 Å². The van der Waals surface area contributed by atoms with Crippen molar-refractivity contribution in [2.45, 2.75) is 27.3 Å². The molecule has 0 radical (unpaired) electrons. The number of rotatable bonds is 4. The lowest BCUT2D eigenvalue weighted by Gasteiger charge is -2.20. The maximum Gasteiger partial charge on any atom is 0.253 e. The molecule has 27 heavy (non-hydrogen) atoms. The molecule has 0 spiro atoms. The Labute approximate surface area is 156 Å². The van der Waals surface area contributed by atoms with Crippen LogP contribution in [-0.4, -0.2) is 28.8 Å². The maximum atomic E-state index is 12.6. The van der Waals surface area contributed by atoms with Crippen molar-refractivity contribution in [2.75, 3.05) is 13.2 Å². The predicted molar refractivity (Wildman–Crippen MR) is 98.6 cm³/mol. The van der Waals surface area contributed by atoms with Crippen molar-refractivity contribution in [2.24, 2.45) is 0 Å². The van der Waals surface area contributed by atoms with E-state index in [-0.39, 0.29) is 5.91 Å². The molecule has 0 aliphatic carbocycles. The molecule has 0 saturated heterocycles. The van der Waals surface area contributed by atoms with E-state index in [0.717, 1.165) is 34.3 Å². The zero-order valence-electron chi connectivity index (χ0n) is 15.5. The number of benzene rings is 1. The molecule has 0 unspecified atom stereocenters. The molecule has 2 aromatic heterocycles. The van der Waals surface area contributed by atoms with Gasteiger partial charge >= 0.3 is 0 Å². The van der Waals surface area contributed by atoms with Gasteiger partial charge in [-0.15, -0.1) is 0 Å². The van der Waals surface area contributed by atoms with Gasteiger partial charge in [-0.3, -0.25) is 4.79 Å². The first-order valence-electron chi connectivity index (χ1n) is 8.82. The van der Waals surface area contributed by atoms with Crippen LogP contribution in [0.3, 0.4) is 0 Å². The molecule has 0 saturated carbocycles. The molecule has 1 amide bonds. The van der Waals surface area contributed by atoms with E-state index in [1.807, 2.05) is 49.6 Å². The Morgan fingerprint density at radius 2 is 1.89 bits per heavy atom. The molecule has 1 aromatic carbocycles. The summed E-state index contributed by atoms with van der Waals surface area (Å²) in [5, 5.41) is 6.71. The largest absolute Gasteiger partial charge is 0.486 e. The fourth-order valence-electron chi connectivity index (χ4n) is 3.32. The molecule has 7 nitrogen and oxygen atoms in total. The van der Waals surface area contributed by atoms with Crippen molar-refractivity contribution in [3.05, 3.63) is 58.7 Å². The van der Waals surface area contributed by atoms with Gasteiger partial charge in [0.1, 0.15) is 13.2 Å². The standard InChI is InChI=1S/C20H21N3O4/c1-12-8-16(27-22-12)11-21-20(24)17-9-13(2)23(14(17)3)15-4-5-18-19(10-15)26-7-6-25-18/h4-5,8-10H,6-7,11H2,1-3H3,(H,21,24). The zero-order valence-corrected chi connectivity index (χ0v) is 15.5. The Morgan fingerprint density at radius 3 is 2.63 bits per heavy atom. The monoisotopic (exact) mass is 367 g/mol. The summed E-state index contributed by atoms with van der Waals surface area (Å²) in [7, 11) is 0. The molecule has 0 fully saturated rings. The Hall–Kier alpha value is -3.22. The smallest absolute Gasteiger partial charge is 0.253 e. The van der Waals surface area contributed by atoms with Crippen LogP contribution in [0, 0.1) is 20.8 Å². The zero-order chi connectivity index (χ0) is 19.0. The van der Waals surface area contributed by atoms with Crippen molar-refractivity contribution in [3.63, 3.8) is 0 Å². The number of carbonyl (C=O) groups is 1. The summed E-state index contributed by atoms with van der Waals surface area (Å²) >= 11 is 0. The van der Waals surface area contributed by atoms with Crippen molar-refractivity contribution in [1.82, 2.24) is 15.0 Å². The van der Waals surface area contributed by atoms with E-state index in [1.54, 1.807) is 6.07 Å². The summed E-state index contributed by atoms with van der Waals surface area (Å²) in [5.74, 6) is 1.94. The molecule has 140 valence electrons. The molecule has 0 atom stereocenters. The molecule has 1 N–H and O–H groups in total. The SMILES string of the molecule is Cc1cc(CNC(=O)c2cc(C)n(-c3ccc4c(c3)OCCO4)c2C)on1. The second kappa shape index (κ2) is 6.83. The summed E-state index contributed by atoms with van der Waals surface area (Å²) in [5.41, 5.74) is 4.16. The Kier molecular flexibility index (Phi) is 4.35. The Balaban J connectivity index is 1.59. The minimum Gasteiger partial charge on any atom is -0.486 e. The highest BCUT2D eigenvalue weighted by molar-refractivity contribution is 5.95. The normalized spacial score (nSPS) is 12.9.